The third-order valence-electron chi connectivity index (χ3n) is 4.62. The molecule has 0 aliphatic rings. The molecule has 0 saturated heterocycles. The van der Waals surface area contributed by atoms with Crippen molar-refractivity contribution >= 4 is 50.7 Å². The second-order valence-electron chi connectivity index (χ2n) is 6.80. The summed E-state index contributed by atoms with van der Waals surface area (Å²) < 4.78 is 10.4. The van der Waals surface area contributed by atoms with E-state index in [-0.39, 0.29) is 20.8 Å². The number of unbranched alkanes of at least 4 members (excludes halogenated alkanes) is 10. The van der Waals surface area contributed by atoms with Crippen LogP contribution in [0.4, 0.5) is 0 Å². The second-order valence-corrected chi connectivity index (χ2v) is 6.80. The van der Waals surface area contributed by atoms with Gasteiger partial charge in [0.15, 0.2) is 0 Å². The lowest BCUT2D eigenvalue weighted by Gasteiger charge is -2.15. The number of halogens is 2. The zero-order valence-corrected chi connectivity index (χ0v) is 21.6. The molecule has 0 aliphatic heterocycles. The topological polar surface area (TPSA) is 35.5 Å². The summed E-state index contributed by atoms with van der Waals surface area (Å²) in [6, 6.07) is 0. The summed E-state index contributed by atoms with van der Waals surface area (Å²) in [4.78, 5) is 11.2. The van der Waals surface area contributed by atoms with E-state index >= 15 is 0 Å². The van der Waals surface area contributed by atoms with Crippen molar-refractivity contribution in [1.29, 1.82) is 0 Å². The summed E-state index contributed by atoms with van der Waals surface area (Å²) in [7, 11) is 3.32. The van der Waals surface area contributed by atoms with Gasteiger partial charge in [0.2, 0.25) is 0 Å². The summed E-state index contributed by atoms with van der Waals surface area (Å²) in [6.07, 6.45) is 18.7. The van der Waals surface area contributed by atoms with Crippen molar-refractivity contribution in [1.82, 2.24) is 0 Å². The molecule has 0 aromatic rings. The molecule has 0 aromatic heterocycles. The molecule has 0 spiro atoms. The molecule has 0 saturated carbocycles. The first-order valence-electron chi connectivity index (χ1n) is 10.4. The Morgan fingerprint density at radius 3 is 1.68 bits per heavy atom. The number of rotatable bonds is 18. The van der Waals surface area contributed by atoms with Crippen molar-refractivity contribution in [2.45, 2.75) is 131 Å². The van der Waals surface area contributed by atoms with E-state index in [9.17, 15) is 4.79 Å². The number of hydrogen-bond donors (Lipinski definition) is 0. The quantitative estimate of drug-likeness (QED) is 0.0867. The molecule has 1 radical (unpaired) electrons. The van der Waals surface area contributed by atoms with Crippen LogP contribution in [-0.4, -0.2) is 26.7 Å². The van der Waals surface area contributed by atoms with Crippen molar-refractivity contribution in [2.75, 3.05) is 7.11 Å². The van der Waals surface area contributed by atoms with E-state index in [2.05, 4.69) is 44.2 Å². The molecule has 0 amide bonds. The van der Waals surface area contributed by atoms with E-state index in [0.29, 0.717) is 12.5 Å². The molecular formula is C22H48BI2O3. The van der Waals surface area contributed by atoms with Gasteiger partial charge in [-0.1, -0.05) is 99.2 Å². The number of methoxy groups -OCH3 is 1. The monoisotopic (exact) mass is 625 g/mol. The van der Waals surface area contributed by atoms with Crippen LogP contribution in [0.5, 0.6) is 0 Å². The van der Waals surface area contributed by atoms with Crippen LogP contribution in [0.25, 0.3) is 0 Å². The van der Waals surface area contributed by atoms with Crippen molar-refractivity contribution in [2.24, 2.45) is 0 Å². The minimum Gasteiger partial charge on any atom is -0.539 e. The van der Waals surface area contributed by atoms with E-state index in [1.807, 2.05) is 7.11 Å². The molecule has 0 heterocycles. The van der Waals surface area contributed by atoms with Gasteiger partial charge < -0.3 is 9.39 Å². The van der Waals surface area contributed by atoms with Crippen LogP contribution in [0.15, 0.2) is 0 Å². The van der Waals surface area contributed by atoms with E-state index in [0.717, 1.165) is 12.8 Å². The van der Waals surface area contributed by atoms with Crippen molar-refractivity contribution in [3.05, 3.63) is 0 Å². The molecule has 0 aliphatic carbocycles. The maximum Gasteiger partial charge on any atom is 0.370 e. The highest BCUT2D eigenvalue weighted by molar-refractivity contribution is 15.0. The fourth-order valence-electron chi connectivity index (χ4n) is 3.07. The number of ether oxygens (including phenoxy) is 1. The molecule has 3 nitrogen and oxygen atoms in total. The van der Waals surface area contributed by atoms with Crippen LogP contribution in [-0.2, 0) is 14.2 Å². The van der Waals surface area contributed by atoms with Crippen LogP contribution in [0.2, 0.25) is 6.82 Å². The van der Waals surface area contributed by atoms with Crippen LogP contribution in [0, 0.1) is 0 Å². The molecule has 0 fully saturated rings. The molecule has 6 heteroatoms. The van der Waals surface area contributed by atoms with Gasteiger partial charge in [-0.3, -0.25) is 4.79 Å². The molecule has 0 rings (SSSR count). The Morgan fingerprint density at radius 2 is 1.25 bits per heavy atom. The highest BCUT2D eigenvalue weighted by Gasteiger charge is 2.06. The maximum atomic E-state index is 11.2. The lowest BCUT2D eigenvalue weighted by atomic mass is 10.0. The standard InChI is InChI=1S/C20H40BO3.2CH4.I2/c1-4-5-6-13-16-19(23-3)17-14-11-9-7-8-10-12-15-18-20(22)24-21-2;;;1-2/h19H,4-18H2,1-3H3;2*1H4;. The molecule has 0 bridgehead atoms. The molecule has 0 aromatic carbocycles. The minimum absolute atomic E-state index is 0. The summed E-state index contributed by atoms with van der Waals surface area (Å²) in [6.45, 7) is 3.99. The van der Waals surface area contributed by atoms with E-state index < -0.39 is 0 Å². The van der Waals surface area contributed by atoms with E-state index in [1.165, 1.54) is 84.5 Å². The van der Waals surface area contributed by atoms with Gasteiger partial charge in [-0.25, -0.2) is 0 Å². The zero-order chi connectivity index (χ0) is 19.9. The Hall–Kier alpha value is 0.955. The Balaban J connectivity index is -0.000000695. The molecule has 0 N–H and O–H groups in total. The first kappa shape index (κ1) is 36.3. The number of carbonyl (C=O) groups is 1. The fraction of sp³-hybridized carbons (Fsp3) is 0.955. The third kappa shape index (κ3) is 29.2. The van der Waals surface area contributed by atoms with Gasteiger partial charge in [0.1, 0.15) is 0 Å². The summed E-state index contributed by atoms with van der Waals surface area (Å²) in [5.74, 6) is -0.0973. The molecule has 28 heavy (non-hydrogen) atoms. The Labute approximate surface area is 201 Å². The normalized spacial score (nSPS) is 10.6. The number of hydrogen-bond acceptors (Lipinski definition) is 3. The summed E-state index contributed by atoms with van der Waals surface area (Å²) in [5, 5.41) is 0. The predicted octanol–water partition coefficient (Wildman–Crippen LogP) is 9.13. The van der Waals surface area contributed by atoms with Gasteiger partial charge in [-0.05, 0) is 19.3 Å². The largest absolute Gasteiger partial charge is 0.539 e. The van der Waals surface area contributed by atoms with Gasteiger partial charge in [0.05, 0.1) is 6.10 Å². The van der Waals surface area contributed by atoms with Crippen molar-refractivity contribution < 1.29 is 14.2 Å². The van der Waals surface area contributed by atoms with Crippen molar-refractivity contribution in [3.63, 3.8) is 0 Å². The Bertz CT molecular complexity index is 283. The maximum absolute atomic E-state index is 11.2. The summed E-state index contributed by atoms with van der Waals surface area (Å²) >= 11 is 4.24. The molecule has 171 valence electrons. The van der Waals surface area contributed by atoms with Crippen LogP contribution >= 0.6 is 37.2 Å². The molecule has 1 unspecified atom stereocenters. The van der Waals surface area contributed by atoms with Crippen LogP contribution < -0.4 is 0 Å². The highest BCUT2D eigenvalue weighted by Crippen LogP contribution is 2.16. The van der Waals surface area contributed by atoms with Gasteiger partial charge in [0.25, 0.3) is 5.97 Å². The zero-order valence-electron chi connectivity index (χ0n) is 17.2. The first-order valence-corrected chi connectivity index (χ1v) is 16.7. The molecule has 1 atom stereocenters. The Morgan fingerprint density at radius 1 is 0.821 bits per heavy atom. The third-order valence-corrected chi connectivity index (χ3v) is 4.62. The smallest absolute Gasteiger partial charge is 0.370 e. The average molecular weight is 625 g/mol. The van der Waals surface area contributed by atoms with Crippen LogP contribution in [0.1, 0.15) is 118 Å². The van der Waals surface area contributed by atoms with Gasteiger partial charge >= 0.3 is 7.48 Å². The SMILES string of the molecule is C.C.C[B]OC(=O)CCCCCCCCCCC(CCCCCC)OC.II. The first-order chi connectivity index (χ1) is 12.7. The number of carbonyl (C=O) groups excluding carboxylic acids is 1. The summed E-state index contributed by atoms with van der Waals surface area (Å²) in [5.41, 5.74) is 0. The van der Waals surface area contributed by atoms with Gasteiger partial charge in [-0.15, -0.1) is 0 Å². The fourth-order valence-corrected chi connectivity index (χ4v) is 3.07. The minimum atomic E-state index is -0.0973. The lowest BCUT2D eigenvalue weighted by Crippen LogP contribution is -2.10. The van der Waals surface area contributed by atoms with Gasteiger partial charge in [0, 0.05) is 50.8 Å². The predicted molar refractivity (Wildman–Crippen MR) is 145 cm³/mol. The lowest BCUT2D eigenvalue weighted by molar-refractivity contribution is -0.134. The Kier molecular flexibility index (Phi) is 42.3. The van der Waals surface area contributed by atoms with Crippen molar-refractivity contribution in [3.8, 4) is 0 Å². The van der Waals surface area contributed by atoms with Crippen LogP contribution in [0.3, 0.4) is 0 Å². The van der Waals surface area contributed by atoms with Gasteiger partial charge in [-0.2, -0.15) is 0 Å². The average Bonchev–Trinajstić information content (AvgIpc) is 2.66. The van der Waals surface area contributed by atoms with E-state index in [4.69, 9.17) is 9.39 Å². The van der Waals surface area contributed by atoms with E-state index in [1.54, 1.807) is 6.82 Å². The molecular weight excluding hydrogens is 577 g/mol. The highest BCUT2D eigenvalue weighted by atomic mass is 128. The second kappa shape index (κ2) is 32.6.